The van der Waals surface area contributed by atoms with Crippen LogP contribution in [0.1, 0.15) is 16.7 Å². The lowest BCUT2D eigenvalue weighted by Crippen LogP contribution is -2.05. The summed E-state index contributed by atoms with van der Waals surface area (Å²) >= 11 is 1.85. The molecule has 0 amide bonds. The zero-order chi connectivity index (χ0) is 13.0. The molecule has 0 heterocycles. The minimum Gasteiger partial charge on any atom is -0.316 e. The smallest absolute Gasteiger partial charge is 0.0202 e. The van der Waals surface area contributed by atoms with Crippen molar-refractivity contribution in [2.75, 3.05) is 7.05 Å². The van der Waals surface area contributed by atoms with E-state index in [1.165, 1.54) is 26.5 Å². The molecule has 0 saturated heterocycles. The largest absolute Gasteiger partial charge is 0.316 e. The molecule has 0 radical (unpaired) electrons. The lowest BCUT2D eigenvalue weighted by atomic mass is 10.1. The SMILES string of the molecule is CNCc1ccc(Sc2ccccc2C)c(C)c1. The highest BCUT2D eigenvalue weighted by Crippen LogP contribution is 2.32. The van der Waals surface area contributed by atoms with E-state index >= 15 is 0 Å². The van der Waals surface area contributed by atoms with Crippen LogP contribution in [0, 0.1) is 13.8 Å². The second-order valence-electron chi connectivity index (χ2n) is 4.50. The van der Waals surface area contributed by atoms with Crippen molar-refractivity contribution in [1.29, 1.82) is 0 Å². The van der Waals surface area contributed by atoms with Crippen molar-refractivity contribution in [2.24, 2.45) is 0 Å². The Labute approximate surface area is 114 Å². The number of rotatable bonds is 4. The van der Waals surface area contributed by atoms with Gasteiger partial charge in [0.15, 0.2) is 0 Å². The lowest BCUT2D eigenvalue weighted by molar-refractivity contribution is 0.815. The molecule has 94 valence electrons. The van der Waals surface area contributed by atoms with Crippen molar-refractivity contribution in [3.63, 3.8) is 0 Å². The maximum Gasteiger partial charge on any atom is 0.0202 e. The number of hydrogen-bond donors (Lipinski definition) is 1. The van der Waals surface area contributed by atoms with E-state index < -0.39 is 0 Å². The Morgan fingerprint density at radius 2 is 1.67 bits per heavy atom. The van der Waals surface area contributed by atoms with E-state index in [-0.39, 0.29) is 0 Å². The first-order valence-electron chi connectivity index (χ1n) is 6.18. The monoisotopic (exact) mass is 257 g/mol. The molecule has 2 aromatic rings. The molecule has 0 atom stereocenters. The van der Waals surface area contributed by atoms with Crippen LogP contribution in [0.4, 0.5) is 0 Å². The predicted molar refractivity (Wildman–Crippen MR) is 79.2 cm³/mol. The summed E-state index contributed by atoms with van der Waals surface area (Å²) in [5, 5.41) is 3.18. The van der Waals surface area contributed by atoms with E-state index in [2.05, 4.69) is 61.6 Å². The van der Waals surface area contributed by atoms with Gasteiger partial charge in [-0.15, -0.1) is 0 Å². The van der Waals surface area contributed by atoms with Crippen LogP contribution in [0.3, 0.4) is 0 Å². The third-order valence-corrected chi connectivity index (χ3v) is 4.29. The van der Waals surface area contributed by atoms with Crippen LogP contribution >= 0.6 is 11.8 Å². The Morgan fingerprint density at radius 1 is 0.944 bits per heavy atom. The molecule has 0 aliphatic rings. The van der Waals surface area contributed by atoms with Gasteiger partial charge in [0.05, 0.1) is 0 Å². The summed E-state index contributed by atoms with van der Waals surface area (Å²) in [6.45, 7) is 5.27. The van der Waals surface area contributed by atoms with Crippen molar-refractivity contribution < 1.29 is 0 Å². The molecule has 0 aliphatic carbocycles. The topological polar surface area (TPSA) is 12.0 Å². The van der Waals surface area contributed by atoms with Crippen LogP contribution in [0.25, 0.3) is 0 Å². The zero-order valence-corrected chi connectivity index (χ0v) is 12.0. The Kier molecular flexibility index (Phi) is 4.45. The second-order valence-corrected chi connectivity index (χ2v) is 5.58. The summed E-state index contributed by atoms with van der Waals surface area (Å²) in [5.74, 6) is 0. The van der Waals surface area contributed by atoms with Crippen molar-refractivity contribution in [3.8, 4) is 0 Å². The number of benzene rings is 2. The molecule has 0 spiro atoms. The van der Waals surface area contributed by atoms with E-state index in [1.54, 1.807) is 0 Å². The minimum absolute atomic E-state index is 0.927. The van der Waals surface area contributed by atoms with Crippen LogP contribution < -0.4 is 5.32 Å². The quantitative estimate of drug-likeness (QED) is 0.882. The van der Waals surface area contributed by atoms with Gasteiger partial charge in [0.2, 0.25) is 0 Å². The van der Waals surface area contributed by atoms with E-state index in [4.69, 9.17) is 0 Å². The minimum atomic E-state index is 0.927. The maximum atomic E-state index is 3.18. The van der Waals surface area contributed by atoms with Gasteiger partial charge in [-0.2, -0.15) is 0 Å². The Morgan fingerprint density at radius 3 is 2.33 bits per heavy atom. The van der Waals surface area contributed by atoms with Crippen molar-refractivity contribution in [2.45, 2.75) is 30.2 Å². The number of hydrogen-bond acceptors (Lipinski definition) is 2. The first-order valence-corrected chi connectivity index (χ1v) is 7.00. The fraction of sp³-hybridized carbons (Fsp3) is 0.250. The number of nitrogens with one attached hydrogen (secondary N) is 1. The van der Waals surface area contributed by atoms with Crippen LogP contribution in [-0.2, 0) is 6.54 Å². The van der Waals surface area contributed by atoms with Gasteiger partial charge in [0, 0.05) is 16.3 Å². The van der Waals surface area contributed by atoms with Crippen LogP contribution in [-0.4, -0.2) is 7.05 Å². The van der Waals surface area contributed by atoms with Crippen LogP contribution in [0.2, 0.25) is 0 Å². The molecule has 18 heavy (non-hydrogen) atoms. The van der Waals surface area contributed by atoms with Gasteiger partial charge in [0.1, 0.15) is 0 Å². The first-order chi connectivity index (χ1) is 8.70. The molecule has 2 rings (SSSR count). The molecule has 2 heteroatoms. The molecule has 0 unspecified atom stereocenters. The maximum absolute atomic E-state index is 3.18. The summed E-state index contributed by atoms with van der Waals surface area (Å²) in [6.07, 6.45) is 0. The average molecular weight is 257 g/mol. The summed E-state index contributed by atoms with van der Waals surface area (Å²) in [4.78, 5) is 2.67. The van der Waals surface area contributed by atoms with E-state index in [0.717, 1.165) is 6.54 Å². The average Bonchev–Trinajstić information content (AvgIpc) is 2.35. The third kappa shape index (κ3) is 3.15. The molecule has 0 bridgehead atoms. The standard InChI is InChI=1S/C16H19NS/c1-12-6-4-5-7-15(12)18-16-9-8-14(11-17-3)10-13(16)2/h4-10,17H,11H2,1-3H3. The Bertz CT molecular complexity index is 534. The Balaban J connectivity index is 2.22. The highest BCUT2D eigenvalue weighted by Gasteiger charge is 2.04. The van der Waals surface area contributed by atoms with E-state index in [9.17, 15) is 0 Å². The van der Waals surface area contributed by atoms with Crippen molar-refractivity contribution in [1.82, 2.24) is 5.32 Å². The Hall–Kier alpha value is -1.25. The van der Waals surface area contributed by atoms with Crippen molar-refractivity contribution >= 4 is 11.8 Å². The number of aryl methyl sites for hydroxylation is 2. The van der Waals surface area contributed by atoms with Crippen LogP contribution in [0.5, 0.6) is 0 Å². The van der Waals surface area contributed by atoms with Gasteiger partial charge in [-0.1, -0.05) is 42.1 Å². The lowest BCUT2D eigenvalue weighted by Gasteiger charge is -2.09. The predicted octanol–water partition coefficient (Wildman–Crippen LogP) is 4.17. The highest BCUT2D eigenvalue weighted by atomic mass is 32.2. The van der Waals surface area contributed by atoms with Gasteiger partial charge in [-0.3, -0.25) is 0 Å². The van der Waals surface area contributed by atoms with Crippen LogP contribution in [0.15, 0.2) is 52.3 Å². The molecular formula is C16H19NS. The zero-order valence-electron chi connectivity index (χ0n) is 11.2. The van der Waals surface area contributed by atoms with Crippen molar-refractivity contribution in [3.05, 3.63) is 59.2 Å². The van der Waals surface area contributed by atoms with Gasteiger partial charge in [-0.05, 0) is 49.7 Å². The molecule has 1 N–H and O–H groups in total. The second kappa shape index (κ2) is 6.07. The summed E-state index contributed by atoms with van der Waals surface area (Å²) in [6, 6.07) is 15.2. The van der Waals surface area contributed by atoms with Gasteiger partial charge in [-0.25, -0.2) is 0 Å². The summed E-state index contributed by atoms with van der Waals surface area (Å²) < 4.78 is 0. The van der Waals surface area contributed by atoms with E-state index in [0.29, 0.717) is 0 Å². The molecule has 0 aromatic heterocycles. The van der Waals surface area contributed by atoms with Gasteiger partial charge >= 0.3 is 0 Å². The molecule has 2 aromatic carbocycles. The molecule has 0 fully saturated rings. The molecule has 1 nitrogen and oxygen atoms in total. The normalized spacial score (nSPS) is 10.6. The molecular weight excluding hydrogens is 238 g/mol. The highest BCUT2D eigenvalue weighted by molar-refractivity contribution is 7.99. The van der Waals surface area contributed by atoms with Gasteiger partial charge in [0.25, 0.3) is 0 Å². The molecule has 0 saturated carbocycles. The summed E-state index contributed by atoms with van der Waals surface area (Å²) in [7, 11) is 1.98. The first kappa shape index (κ1) is 13.2. The van der Waals surface area contributed by atoms with E-state index in [1.807, 2.05) is 18.8 Å². The fourth-order valence-electron chi connectivity index (χ4n) is 1.93. The summed E-state index contributed by atoms with van der Waals surface area (Å²) in [5.41, 5.74) is 4.02. The third-order valence-electron chi connectivity index (χ3n) is 2.93. The molecule has 0 aliphatic heterocycles. The van der Waals surface area contributed by atoms with Gasteiger partial charge < -0.3 is 5.32 Å². The fourth-order valence-corrected chi connectivity index (χ4v) is 2.90.